The highest BCUT2D eigenvalue weighted by atomic mass is 32.2. The number of rotatable bonds is 56. The van der Waals surface area contributed by atoms with Crippen LogP contribution in [0, 0.1) is 34.5 Å². The summed E-state index contributed by atoms with van der Waals surface area (Å²) in [6.45, 7) is 13.8. The van der Waals surface area contributed by atoms with E-state index in [9.17, 15) is 66.3 Å². The molecular formula is C93H131N13O27S. The van der Waals surface area contributed by atoms with Crippen LogP contribution in [-0.2, 0) is 130 Å². The first-order valence-corrected chi connectivity index (χ1v) is 47.9. The molecule has 7 aliphatic rings. The number of aliphatic hydroxyl groups is 1. The average molecular weight is 1900 g/mol. The van der Waals surface area contributed by atoms with E-state index in [1.165, 1.54) is 4.90 Å². The molecule has 3 saturated carbocycles. The van der Waals surface area contributed by atoms with Crippen molar-refractivity contribution in [3.63, 3.8) is 0 Å². The molecule has 12 atom stereocenters. The number of ketones is 2. The number of para-hydroxylation sites is 1. The first-order valence-electron chi connectivity index (χ1n) is 46.3. The van der Waals surface area contributed by atoms with Gasteiger partial charge in [-0.2, -0.15) is 8.42 Å². The summed E-state index contributed by atoms with van der Waals surface area (Å²) in [4.78, 5) is 149. The van der Waals surface area contributed by atoms with Gasteiger partial charge in [-0.3, -0.25) is 47.7 Å². The van der Waals surface area contributed by atoms with Crippen molar-refractivity contribution in [2.75, 3.05) is 161 Å². The Morgan fingerprint density at radius 3 is 2.01 bits per heavy atom. The van der Waals surface area contributed by atoms with E-state index in [2.05, 4.69) is 54.5 Å². The Labute approximate surface area is 780 Å². The van der Waals surface area contributed by atoms with Crippen LogP contribution in [0.4, 0.5) is 21.0 Å². The number of fused-ring (bicyclic) bond motifs is 12. The quantitative estimate of drug-likeness (QED) is 0.0207. The molecule has 0 bridgehead atoms. The van der Waals surface area contributed by atoms with Crippen LogP contribution in [0.5, 0.6) is 0 Å². The molecule has 0 spiro atoms. The normalized spacial score (nSPS) is 22.6. The van der Waals surface area contributed by atoms with Crippen molar-refractivity contribution in [2.24, 2.45) is 40.2 Å². The molecule has 2 unspecified atom stereocenters. The van der Waals surface area contributed by atoms with Crippen LogP contribution in [0.1, 0.15) is 136 Å². The second-order valence-electron chi connectivity index (χ2n) is 35.1. The van der Waals surface area contributed by atoms with Gasteiger partial charge in [-0.05, 0) is 117 Å². The number of amides is 10. The molecular weight excluding hydrogens is 1760 g/mol. The minimum absolute atomic E-state index is 0.0210. The second-order valence-corrected chi connectivity index (χ2v) is 36.7. The highest BCUT2D eigenvalue weighted by Crippen LogP contribution is 2.70. The number of aliphatic hydroxyl groups excluding tert-OH is 1. The van der Waals surface area contributed by atoms with Crippen molar-refractivity contribution >= 4 is 86.5 Å². The lowest BCUT2D eigenvalue weighted by molar-refractivity contribution is -0.202. The third-order valence-corrected chi connectivity index (χ3v) is 26.2. The third kappa shape index (κ3) is 28.8. The van der Waals surface area contributed by atoms with Crippen LogP contribution in [0.2, 0.25) is 0 Å². The number of nitrogens with zero attached hydrogens (tertiary/aromatic N) is 5. The molecule has 1 aromatic heterocycles. The van der Waals surface area contributed by atoms with Gasteiger partial charge in [-0.15, -0.1) is 5.10 Å². The van der Waals surface area contributed by atoms with Crippen LogP contribution in [-0.4, -0.2) is 296 Å². The summed E-state index contributed by atoms with van der Waals surface area (Å²) < 4.78 is 102. The molecule has 11 rings (SSSR count). The van der Waals surface area contributed by atoms with E-state index in [1.54, 1.807) is 59.8 Å². The highest BCUT2D eigenvalue weighted by molar-refractivity contribution is 7.85. The summed E-state index contributed by atoms with van der Waals surface area (Å²) in [5.74, 6) is -4.52. The predicted molar refractivity (Wildman–Crippen MR) is 485 cm³/mol. The highest BCUT2D eigenvalue weighted by Gasteiger charge is 2.76. The monoisotopic (exact) mass is 1890 g/mol. The van der Waals surface area contributed by atoms with E-state index in [1.807, 2.05) is 68.5 Å². The maximum absolute atomic E-state index is 14.9. The Morgan fingerprint density at radius 2 is 1.34 bits per heavy atom. The summed E-state index contributed by atoms with van der Waals surface area (Å²) in [7, 11) is -4.15. The number of likely N-dealkylation sites (tertiary alicyclic amines) is 1. The number of aromatic nitrogens is 3. The average Bonchev–Trinajstić information content (AvgIpc) is 1.50. The number of benzene rings is 3. The lowest BCUT2D eigenvalue weighted by atomic mass is 9.46. The van der Waals surface area contributed by atoms with Crippen LogP contribution in [0.15, 0.2) is 96.6 Å². The summed E-state index contributed by atoms with van der Waals surface area (Å²) >= 11 is 0. The molecule has 0 radical (unpaired) electrons. The Bertz CT molecular complexity index is 4830. The molecule has 41 heteroatoms. The standard InChI is InChI=1S/C93H131N13O27S/c1-6-13-81-132-76-55-70-68-25-22-64-54-66(107)28-31-91(64,4)82(68)74(108)56-92(70,5)93(76,133-81)75(109)59-130-60-104-35-12-18-72(88(104)116)100-90(118)131-58-62-20-23-65(24-21-62)98-86(114)71(17-11-32-97-89(94)117)99-87(115)83(61(2)3)101-79(112)30-38-123-42-46-127-49-51-128-47-43-124-39-33-95-77(110)26-27-80(113)105-57-63-14-7-8-15-67(63)85-84(69-16-9-10-19-73(69)105)102-103-106(85)36-40-125-44-48-129-52-50-126-45-41-122-37-29-78(111)96-34-53-134(119,120)121/h7-10,14-16,19-21,23-24,28,31,54,61,68,70-72,74,76,81-83,108H,6,11-13,17-18,22,25-27,29-30,32-53,55-60H2,1-5H3,(H,95,110)(H,96,111)(H,98,114)(H,99,115)(H,100,118)(H,101,112)(H3,94,97,117)(H,119,120,121)/t68-,70-,71-,72?,74-,76+,81?,82+,83-,91-,92-,93+/m0/s1. The number of Topliss-reactive ketones (excluding diaryl/α,β-unsaturated/α-hetero) is 1. The number of primary amides is 1. The van der Waals surface area contributed by atoms with Gasteiger partial charge in [0.05, 0.1) is 148 Å². The zero-order chi connectivity index (χ0) is 95.8. The van der Waals surface area contributed by atoms with E-state index in [0.717, 1.165) is 35.2 Å². The van der Waals surface area contributed by atoms with E-state index in [0.29, 0.717) is 113 Å². The maximum atomic E-state index is 14.9. The van der Waals surface area contributed by atoms with Gasteiger partial charge in [0, 0.05) is 85.4 Å². The van der Waals surface area contributed by atoms with E-state index < -0.39 is 117 Å². The molecule has 4 aromatic rings. The molecule has 10 amide bonds. The van der Waals surface area contributed by atoms with Gasteiger partial charge in [0.25, 0.3) is 10.1 Å². The topological polar surface area (TPSA) is 521 Å². The number of alkyl carbamates (subject to hydrolysis) is 1. The molecule has 2 saturated heterocycles. The lowest BCUT2D eigenvalue weighted by Gasteiger charge is -2.59. The number of ether oxygens (including phenoxy) is 12. The fraction of sp³-hybridized carbons (Fsp3) is 0.624. The molecule has 40 nitrogen and oxygen atoms in total. The van der Waals surface area contributed by atoms with Gasteiger partial charge < -0.3 is 115 Å². The van der Waals surface area contributed by atoms with E-state index >= 15 is 0 Å². The van der Waals surface area contributed by atoms with Crippen molar-refractivity contribution < 1.29 is 128 Å². The lowest BCUT2D eigenvalue weighted by Crippen LogP contribution is -2.63. The van der Waals surface area contributed by atoms with Crippen LogP contribution >= 0.6 is 0 Å². The number of hydrogen-bond acceptors (Lipinski definition) is 28. The summed E-state index contributed by atoms with van der Waals surface area (Å²) in [5, 5.41) is 40.0. The third-order valence-electron chi connectivity index (χ3n) is 25.5. The van der Waals surface area contributed by atoms with E-state index in [-0.39, 0.29) is 198 Å². The number of nitrogens with one attached hydrogen (secondary N) is 7. The zero-order valence-corrected chi connectivity index (χ0v) is 77.9. The predicted octanol–water partition coefficient (Wildman–Crippen LogP) is 4.91. The largest absolute Gasteiger partial charge is 0.445 e. The molecule has 11 N–H and O–H groups in total. The number of nitrogens with two attached hydrogens (primary N) is 1. The number of anilines is 2. The van der Waals surface area contributed by atoms with Crippen molar-refractivity contribution in [3.8, 4) is 22.5 Å². The SMILES string of the molecule is CCCC1O[C@@H]2C[C@H]3[C@@H]4CCC5=CC(=O)C=C[C@]5(C)[C@H]4[C@@H](O)C[C@]3(C)[C@]2(C(=O)COCN2CCCC(NC(=O)OCc3ccc(NC(=O)[C@H](CCCNC(N)=O)NC(=O)[C@@H](NC(=O)CCOCCOCCOCCOCCNC(=O)CCC(=O)N4Cc5ccccc5-c5c(nnn5CCOCCOCCOCCOCCC(=O)NCCS(=O)(=O)O)-c5ccccc54)C(C)C)cc3)C2=O)O1. The summed E-state index contributed by atoms with van der Waals surface area (Å²) in [6, 6.07) is 17.7. The number of carbonyl (C=O) groups is 11. The van der Waals surface area contributed by atoms with Crippen molar-refractivity contribution in [1.82, 2.24) is 51.8 Å². The Morgan fingerprint density at radius 1 is 0.701 bits per heavy atom. The first kappa shape index (κ1) is 104. The van der Waals surface area contributed by atoms with Crippen LogP contribution in [0.25, 0.3) is 22.5 Å². The Balaban J connectivity index is 0.518. The van der Waals surface area contributed by atoms with Gasteiger partial charge in [0.2, 0.25) is 41.4 Å². The van der Waals surface area contributed by atoms with Gasteiger partial charge in [-0.1, -0.05) is 112 Å². The number of piperidine rings is 1. The van der Waals surface area contributed by atoms with Crippen LogP contribution < -0.4 is 47.9 Å². The van der Waals surface area contributed by atoms with Crippen molar-refractivity contribution in [3.05, 3.63) is 108 Å². The molecule has 4 heterocycles. The Hall–Kier alpha value is -10.1. The first-order chi connectivity index (χ1) is 64.5. The number of urea groups is 1. The van der Waals surface area contributed by atoms with Gasteiger partial charge in [-0.25, -0.2) is 14.3 Å². The second kappa shape index (κ2) is 51.2. The van der Waals surface area contributed by atoms with Gasteiger partial charge in [0.15, 0.2) is 23.5 Å². The van der Waals surface area contributed by atoms with Crippen molar-refractivity contribution in [1.29, 1.82) is 0 Å². The van der Waals surface area contributed by atoms with Gasteiger partial charge in [0.1, 0.15) is 43.8 Å². The number of carbonyl (C=O) groups excluding carboxylic acids is 11. The molecule has 134 heavy (non-hydrogen) atoms. The number of hydrogen-bond donors (Lipinski definition) is 10. The van der Waals surface area contributed by atoms with Crippen molar-refractivity contribution in [2.45, 2.75) is 186 Å². The Kier molecular flexibility index (Phi) is 39.8. The summed E-state index contributed by atoms with van der Waals surface area (Å²) in [6.07, 6.45) is 7.16. The molecule has 3 aliphatic heterocycles. The van der Waals surface area contributed by atoms with Crippen LogP contribution in [0.3, 0.4) is 0 Å². The molecule has 736 valence electrons. The molecule has 3 aromatic carbocycles. The minimum atomic E-state index is -4.15. The minimum Gasteiger partial charge on any atom is -0.445 e. The fourth-order valence-electron chi connectivity index (χ4n) is 19.0. The maximum Gasteiger partial charge on any atom is 0.408 e. The summed E-state index contributed by atoms with van der Waals surface area (Å²) in [5.41, 5.74) is 8.91. The number of allylic oxidation sites excluding steroid dienone is 4. The molecule has 4 aliphatic carbocycles. The smallest absolute Gasteiger partial charge is 0.408 e. The fourth-order valence-corrected chi connectivity index (χ4v) is 19.3. The van der Waals surface area contributed by atoms with E-state index in [4.69, 9.17) is 67.1 Å². The molecule has 5 fully saturated rings. The van der Waals surface area contributed by atoms with Gasteiger partial charge >= 0.3 is 12.1 Å². The zero-order valence-electron chi connectivity index (χ0n) is 77.0.